The van der Waals surface area contributed by atoms with Gasteiger partial charge in [-0.2, -0.15) is 0 Å². The molecule has 3 rings (SSSR count). The zero-order valence-electron chi connectivity index (χ0n) is 14.6. The van der Waals surface area contributed by atoms with E-state index in [1.54, 1.807) is 30.3 Å². The molecular weight excluding hydrogens is 406 g/mol. The van der Waals surface area contributed by atoms with Crippen LogP contribution < -0.4 is 10.1 Å². The van der Waals surface area contributed by atoms with Crippen LogP contribution in [0.25, 0.3) is 10.2 Å². The molecule has 0 spiro atoms. The lowest BCUT2D eigenvalue weighted by molar-refractivity contribution is -0.384. The molecular formula is C17H15N3O6S2. The topological polar surface area (TPSA) is 128 Å². The molecule has 0 saturated heterocycles. The lowest BCUT2D eigenvalue weighted by Crippen LogP contribution is -2.23. The van der Waals surface area contributed by atoms with Crippen molar-refractivity contribution < 1.29 is 22.9 Å². The summed E-state index contributed by atoms with van der Waals surface area (Å²) in [5.41, 5.74) is 0.768. The summed E-state index contributed by atoms with van der Waals surface area (Å²) in [6, 6.07) is 11.1. The molecule has 0 atom stereocenters. The molecule has 11 heteroatoms. The smallest absolute Gasteiger partial charge is 0.274 e. The van der Waals surface area contributed by atoms with Crippen LogP contribution in [0, 0.1) is 10.1 Å². The van der Waals surface area contributed by atoms with Gasteiger partial charge in [0.15, 0.2) is 20.7 Å². The van der Waals surface area contributed by atoms with Crippen molar-refractivity contribution in [3.8, 4) is 5.75 Å². The van der Waals surface area contributed by atoms with E-state index < -0.39 is 26.4 Å². The van der Waals surface area contributed by atoms with Crippen LogP contribution in [0.5, 0.6) is 5.75 Å². The van der Waals surface area contributed by atoms with E-state index in [1.165, 1.54) is 19.2 Å². The summed E-state index contributed by atoms with van der Waals surface area (Å²) >= 11 is 0.994. The van der Waals surface area contributed by atoms with Gasteiger partial charge in [0, 0.05) is 6.07 Å². The Morgan fingerprint density at radius 2 is 2.00 bits per heavy atom. The molecule has 2 aromatic carbocycles. The Morgan fingerprint density at radius 1 is 1.29 bits per heavy atom. The first kappa shape index (κ1) is 19.7. The number of carbonyl (C=O) groups is 1. The Kier molecular flexibility index (Phi) is 5.56. The maximum atomic E-state index is 12.2. The highest BCUT2D eigenvalue weighted by Gasteiger charge is 2.20. The fourth-order valence-electron chi connectivity index (χ4n) is 2.53. The number of thiazole rings is 1. The maximum Gasteiger partial charge on any atom is 0.274 e. The highest BCUT2D eigenvalue weighted by atomic mass is 32.2. The fourth-order valence-corrected chi connectivity index (χ4v) is 4.74. The summed E-state index contributed by atoms with van der Waals surface area (Å²) in [6.45, 7) is 0. The highest BCUT2D eigenvalue weighted by Crippen LogP contribution is 2.36. The average molecular weight is 421 g/mol. The normalized spacial score (nSPS) is 11.3. The molecule has 0 aliphatic rings. The van der Waals surface area contributed by atoms with E-state index in [2.05, 4.69) is 10.3 Å². The number of rotatable bonds is 7. The number of hydrogen-bond donors (Lipinski definition) is 1. The number of anilines is 1. The minimum absolute atomic E-state index is 0.133. The van der Waals surface area contributed by atoms with Gasteiger partial charge in [0.05, 0.1) is 28.6 Å². The number of nitro groups is 1. The number of nitrogens with zero attached hydrogens (tertiary/aromatic N) is 2. The Hall–Kier alpha value is -3.05. The van der Waals surface area contributed by atoms with Gasteiger partial charge >= 0.3 is 0 Å². The summed E-state index contributed by atoms with van der Waals surface area (Å²) in [5.74, 6) is -1.49. The van der Waals surface area contributed by atoms with Crippen molar-refractivity contribution in [1.82, 2.24) is 4.98 Å². The van der Waals surface area contributed by atoms with Crippen LogP contribution >= 0.6 is 11.3 Å². The molecule has 146 valence electrons. The summed E-state index contributed by atoms with van der Waals surface area (Å²) < 4.78 is 30.0. The van der Waals surface area contributed by atoms with Crippen LogP contribution in [0.15, 0.2) is 42.5 Å². The number of non-ortho nitro benzene ring substituents is 1. The zero-order valence-corrected chi connectivity index (χ0v) is 16.2. The molecule has 0 radical (unpaired) electrons. The number of methoxy groups -OCH3 is 1. The molecule has 0 aliphatic carbocycles. The highest BCUT2D eigenvalue weighted by molar-refractivity contribution is 7.91. The monoisotopic (exact) mass is 421 g/mol. The van der Waals surface area contributed by atoms with Crippen LogP contribution in [-0.4, -0.2) is 37.1 Å². The number of aromatic nitrogens is 1. The molecule has 0 unspecified atom stereocenters. The molecule has 0 bridgehead atoms. The first-order valence-electron chi connectivity index (χ1n) is 7.94. The lowest BCUT2D eigenvalue weighted by atomic mass is 10.2. The molecule has 0 aliphatic heterocycles. The van der Waals surface area contributed by atoms with Crippen LogP contribution in [0.2, 0.25) is 0 Å². The number of amides is 1. The third kappa shape index (κ3) is 4.61. The summed E-state index contributed by atoms with van der Waals surface area (Å²) in [7, 11) is -2.31. The van der Waals surface area contributed by atoms with Crippen molar-refractivity contribution in [1.29, 1.82) is 0 Å². The van der Waals surface area contributed by atoms with Gasteiger partial charge in [-0.15, -0.1) is 0 Å². The van der Waals surface area contributed by atoms with Gasteiger partial charge in [0.2, 0.25) is 5.91 Å². The summed E-state index contributed by atoms with van der Waals surface area (Å²) in [4.78, 5) is 26.8. The molecule has 0 fully saturated rings. The van der Waals surface area contributed by atoms with Gasteiger partial charge in [-0.05, 0) is 5.56 Å². The van der Waals surface area contributed by atoms with Crippen molar-refractivity contribution in [2.75, 3.05) is 18.2 Å². The van der Waals surface area contributed by atoms with Gasteiger partial charge in [-0.3, -0.25) is 14.9 Å². The van der Waals surface area contributed by atoms with E-state index in [4.69, 9.17) is 4.74 Å². The molecule has 3 aromatic rings. The maximum absolute atomic E-state index is 12.2. The standard InChI is InChI=1S/C17H15N3O6S2/c1-26-13-7-12(20(22)23)8-14-16(13)19-17(27-14)18-15(21)10-28(24,25)9-11-5-3-2-4-6-11/h2-8H,9-10H2,1H3,(H,18,19,21). The summed E-state index contributed by atoms with van der Waals surface area (Å²) in [5, 5.41) is 13.6. The molecule has 1 N–H and O–H groups in total. The van der Waals surface area contributed by atoms with Crippen LogP contribution in [0.1, 0.15) is 5.56 Å². The lowest BCUT2D eigenvalue weighted by Gasteiger charge is -2.04. The SMILES string of the molecule is COc1cc([N+](=O)[O-])cc2sc(NC(=O)CS(=O)(=O)Cc3ccccc3)nc12. The van der Waals surface area contributed by atoms with Crippen molar-refractivity contribution in [2.24, 2.45) is 0 Å². The Balaban J connectivity index is 1.76. The average Bonchev–Trinajstić information content (AvgIpc) is 3.02. The predicted molar refractivity (Wildman–Crippen MR) is 105 cm³/mol. The minimum atomic E-state index is -3.66. The van der Waals surface area contributed by atoms with E-state index in [-0.39, 0.29) is 22.3 Å². The number of nitro benzene ring substituents is 1. The largest absolute Gasteiger partial charge is 0.494 e. The van der Waals surface area contributed by atoms with Crippen molar-refractivity contribution in [2.45, 2.75) is 5.75 Å². The van der Waals surface area contributed by atoms with Crippen molar-refractivity contribution in [3.05, 3.63) is 58.1 Å². The zero-order chi connectivity index (χ0) is 20.3. The van der Waals surface area contributed by atoms with E-state index >= 15 is 0 Å². The van der Waals surface area contributed by atoms with Gasteiger partial charge in [-0.25, -0.2) is 13.4 Å². The van der Waals surface area contributed by atoms with Crippen LogP contribution in [-0.2, 0) is 20.4 Å². The van der Waals surface area contributed by atoms with E-state index in [9.17, 15) is 23.3 Å². The number of carbonyl (C=O) groups excluding carboxylic acids is 1. The third-order valence-electron chi connectivity index (χ3n) is 3.70. The second kappa shape index (κ2) is 7.90. The van der Waals surface area contributed by atoms with Crippen LogP contribution in [0.3, 0.4) is 0 Å². The van der Waals surface area contributed by atoms with E-state index in [1.807, 2.05) is 0 Å². The first-order valence-corrected chi connectivity index (χ1v) is 10.6. The quantitative estimate of drug-likeness (QED) is 0.459. The predicted octanol–water partition coefficient (Wildman–Crippen LogP) is 2.77. The molecule has 1 aromatic heterocycles. The van der Waals surface area contributed by atoms with Gasteiger partial charge < -0.3 is 10.1 Å². The second-order valence-electron chi connectivity index (χ2n) is 5.84. The Labute approximate surface area is 164 Å². The first-order chi connectivity index (χ1) is 13.3. The number of ether oxygens (including phenoxy) is 1. The van der Waals surface area contributed by atoms with Gasteiger partial charge in [-0.1, -0.05) is 41.7 Å². The Morgan fingerprint density at radius 3 is 2.64 bits per heavy atom. The number of nitrogens with one attached hydrogen (secondary N) is 1. The van der Waals surface area contributed by atoms with Gasteiger partial charge in [0.25, 0.3) is 5.69 Å². The molecule has 9 nitrogen and oxygen atoms in total. The van der Waals surface area contributed by atoms with E-state index in [0.29, 0.717) is 15.8 Å². The molecule has 1 amide bonds. The number of benzene rings is 2. The fraction of sp³-hybridized carbons (Fsp3) is 0.176. The number of hydrogen-bond acceptors (Lipinski definition) is 8. The third-order valence-corrected chi connectivity index (χ3v) is 6.10. The van der Waals surface area contributed by atoms with Crippen molar-refractivity contribution in [3.63, 3.8) is 0 Å². The minimum Gasteiger partial charge on any atom is -0.494 e. The molecule has 0 saturated carbocycles. The summed E-state index contributed by atoms with van der Waals surface area (Å²) in [6.07, 6.45) is 0. The second-order valence-corrected chi connectivity index (χ2v) is 8.93. The molecule has 28 heavy (non-hydrogen) atoms. The van der Waals surface area contributed by atoms with Crippen LogP contribution in [0.4, 0.5) is 10.8 Å². The van der Waals surface area contributed by atoms with Crippen molar-refractivity contribution >= 4 is 48.1 Å². The molecule has 1 heterocycles. The van der Waals surface area contributed by atoms with Gasteiger partial charge in [0.1, 0.15) is 11.3 Å². The van der Waals surface area contributed by atoms with E-state index in [0.717, 1.165) is 11.3 Å². The number of sulfone groups is 1. The number of fused-ring (bicyclic) bond motifs is 1. The Bertz CT molecular complexity index is 1140.